The van der Waals surface area contributed by atoms with Crippen LogP contribution in [0.3, 0.4) is 0 Å². The number of nitrogens with one attached hydrogen (secondary N) is 3. The predicted molar refractivity (Wildman–Crippen MR) is 125 cm³/mol. The number of piperidine rings is 1. The molecule has 0 aromatic rings. The number of carbonyl (C=O) groups excluding carboxylic acids is 3. The number of hydrogen-bond donors (Lipinski definition) is 5. The van der Waals surface area contributed by atoms with Gasteiger partial charge in [-0.2, -0.15) is 0 Å². The van der Waals surface area contributed by atoms with Crippen molar-refractivity contribution in [1.29, 1.82) is 0 Å². The molecule has 2 fully saturated rings. The summed E-state index contributed by atoms with van der Waals surface area (Å²) in [5.41, 5.74) is 5.58. The van der Waals surface area contributed by atoms with Crippen LogP contribution in [0.25, 0.3) is 0 Å². The molecule has 32 heavy (non-hydrogen) atoms. The van der Waals surface area contributed by atoms with E-state index in [-0.39, 0.29) is 23.5 Å². The highest BCUT2D eigenvalue weighted by Crippen LogP contribution is 2.34. The summed E-state index contributed by atoms with van der Waals surface area (Å²) < 4.78 is 0. The summed E-state index contributed by atoms with van der Waals surface area (Å²) in [5.74, 6) is -0.146. The summed E-state index contributed by atoms with van der Waals surface area (Å²) in [5, 5.41) is 19.1. The fraction of sp³-hybridized carbons (Fsp3) is 0.875. The molecule has 1 aliphatic carbocycles. The summed E-state index contributed by atoms with van der Waals surface area (Å²) in [4.78, 5) is 38.5. The third-order valence-corrected chi connectivity index (χ3v) is 7.06. The Morgan fingerprint density at radius 1 is 1.03 bits per heavy atom. The summed E-state index contributed by atoms with van der Waals surface area (Å²) in [6.45, 7) is 7.00. The minimum absolute atomic E-state index is 0.0747. The summed E-state index contributed by atoms with van der Waals surface area (Å²) in [6, 6.07) is -1.77. The van der Waals surface area contributed by atoms with Crippen LogP contribution in [-0.4, -0.2) is 60.5 Å². The van der Waals surface area contributed by atoms with Crippen molar-refractivity contribution >= 4 is 17.6 Å². The summed E-state index contributed by atoms with van der Waals surface area (Å²) >= 11 is 0. The number of Topliss-reactive ketones (excluding diaryl/α,β-unsaturated/α-hetero) is 1. The van der Waals surface area contributed by atoms with E-state index in [0.717, 1.165) is 13.0 Å². The van der Waals surface area contributed by atoms with E-state index in [0.29, 0.717) is 37.8 Å². The van der Waals surface area contributed by atoms with Gasteiger partial charge in [-0.15, -0.1) is 0 Å². The third kappa shape index (κ3) is 7.81. The van der Waals surface area contributed by atoms with Crippen LogP contribution in [-0.2, 0) is 14.4 Å². The Kier molecular flexibility index (Phi) is 11.1. The first kappa shape index (κ1) is 26.7. The van der Waals surface area contributed by atoms with Crippen molar-refractivity contribution in [3.05, 3.63) is 0 Å². The fourth-order valence-corrected chi connectivity index (χ4v) is 5.09. The average Bonchev–Trinajstić information content (AvgIpc) is 2.79. The number of nitrogens with two attached hydrogens (primary N) is 1. The van der Waals surface area contributed by atoms with Gasteiger partial charge in [-0.1, -0.05) is 46.0 Å². The molecule has 0 aromatic carbocycles. The largest absolute Gasteiger partial charge is 0.391 e. The monoisotopic (exact) mass is 452 g/mol. The topological polar surface area (TPSA) is 134 Å². The Balaban J connectivity index is 1.98. The molecule has 2 rings (SSSR count). The minimum atomic E-state index is -1.10. The Morgan fingerprint density at radius 3 is 2.31 bits per heavy atom. The van der Waals surface area contributed by atoms with Crippen molar-refractivity contribution in [3.8, 4) is 0 Å². The summed E-state index contributed by atoms with van der Waals surface area (Å²) in [6.07, 6.45) is 7.07. The molecule has 0 spiro atoms. The van der Waals surface area contributed by atoms with Crippen LogP contribution in [0.1, 0.15) is 72.1 Å². The van der Waals surface area contributed by atoms with Gasteiger partial charge in [0, 0.05) is 12.5 Å². The Morgan fingerprint density at radius 2 is 1.72 bits per heavy atom. The van der Waals surface area contributed by atoms with Crippen molar-refractivity contribution in [1.82, 2.24) is 16.0 Å². The minimum Gasteiger partial charge on any atom is -0.391 e. The second-order valence-corrected chi connectivity index (χ2v) is 10.0. The standard InChI is InChI=1S/C24H44N4O4/c1-15(2)22(30)20(10-7-11-25)27-24(32)21(16(3)29)28-23(31)19-12-18(13-26-14-19)17-8-5-4-6-9-17/h15-21,26,29H,4-14,25H2,1-3H3,(H,27,32)(H,28,31)/t16-,18?,19?,20-,21-/m0/s1. The SMILES string of the molecule is CC(C)C(=O)[C@H](CCCN)NC(=O)[C@@H](NC(=O)C1CNCC(C2CCCCC2)C1)[C@H](C)O. The molecule has 0 radical (unpaired) electrons. The molecule has 8 nitrogen and oxygen atoms in total. The van der Waals surface area contributed by atoms with E-state index in [4.69, 9.17) is 5.73 Å². The highest BCUT2D eigenvalue weighted by molar-refractivity contribution is 5.94. The van der Waals surface area contributed by atoms with Gasteiger partial charge < -0.3 is 26.8 Å². The number of amides is 2. The Labute approximate surface area is 192 Å². The van der Waals surface area contributed by atoms with Gasteiger partial charge in [0.05, 0.1) is 18.1 Å². The van der Waals surface area contributed by atoms with Crippen molar-refractivity contribution in [2.24, 2.45) is 29.4 Å². The van der Waals surface area contributed by atoms with E-state index in [1.165, 1.54) is 39.0 Å². The molecule has 2 aliphatic rings. The van der Waals surface area contributed by atoms with Gasteiger partial charge in [0.2, 0.25) is 11.8 Å². The lowest BCUT2D eigenvalue weighted by Gasteiger charge is -2.37. The third-order valence-electron chi connectivity index (χ3n) is 7.06. The first-order valence-electron chi connectivity index (χ1n) is 12.5. The molecular formula is C24H44N4O4. The lowest BCUT2D eigenvalue weighted by Crippen LogP contribution is -2.58. The Hall–Kier alpha value is -1.51. The molecule has 6 N–H and O–H groups in total. The molecule has 2 unspecified atom stereocenters. The first-order valence-corrected chi connectivity index (χ1v) is 12.5. The molecule has 0 aromatic heterocycles. The lowest BCUT2D eigenvalue weighted by atomic mass is 9.74. The van der Waals surface area contributed by atoms with E-state index < -0.39 is 24.1 Å². The molecule has 1 aliphatic heterocycles. The zero-order valence-electron chi connectivity index (χ0n) is 20.1. The lowest BCUT2D eigenvalue weighted by molar-refractivity contribution is -0.136. The normalized spacial score (nSPS) is 25.1. The van der Waals surface area contributed by atoms with E-state index in [1.807, 2.05) is 0 Å². The maximum Gasteiger partial charge on any atom is 0.245 e. The number of aliphatic hydroxyl groups is 1. The molecule has 184 valence electrons. The van der Waals surface area contributed by atoms with Gasteiger partial charge in [-0.25, -0.2) is 0 Å². The van der Waals surface area contributed by atoms with E-state index in [9.17, 15) is 19.5 Å². The molecular weight excluding hydrogens is 408 g/mol. The van der Waals surface area contributed by atoms with E-state index in [1.54, 1.807) is 13.8 Å². The van der Waals surface area contributed by atoms with Gasteiger partial charge in [0.25, 0.3) is 0 Å². The quantitative estimate of drug-likeness (QED) is 0.319. The van der Waals surface area contributed by atoms with Crippen LogP contribution in [0.15, 0.2) is 0 Å². The highest BCUT2D eigenvalue weighted by Gasteiger charge is 2.35. The number of carbonyl (C=O) groups is 3. The fourth-order valence-electron chi connectivity index (χ4n) is 5.09. The van der Waals surface area contributed by atoms with Crippen LogP contribution in [0, 0.1) is 23.7 Å². The molecule has 5 atom stereocenters. The average molecular weight is 453 g/mol. The van der Waals surface area contributed by atoms with Gasteiger partial charge >= 0.3 is 0 Å². The van der Waals surface area contributed by atoms with Crippen LogP contribution in [0.5, 0.6) is 0 Å². The van der Waals surface area contributed by atoms with Crippen molar-refractivity contribution < 1.29 is 19.5 Å². The predicted octanol–water partition coefficient (Wildman–Crippen LogP) is 1.11. The highest BCUT2D eigenvalue weighted by atomic mass is 16.3. The molecule has 1 saturated heterocycles. The van der Waals surface area contributed by atoms with Crippen LogP contribution in [0.4, 0.5) is 0 Å². The van der Waals surface area contributed by atoms with Crippen LogP contribution < -0.4 is 21.7 Å². The van der Waals surface area contributed by atoms with Gasteiger partial charge in [-0.3, -0.25) is 14.4 Å². The maximum absolute atomic E-state index is 13.0. The second-order valence-electron chi connectivity index (χ2n) is 10.0. The van der Waals surface area contributed by atoms with Crippen molar-refractivity contribution in [2.75, 3.05) is 19.6 Å². The number of rotatable bonds is 11. The number of aliphatic hydroxyl groups excluding tert-OH is 1. The van der Waals surface area contributed by atoms with Crippen molar-refractivity contribution in [3.63, 3.8) is 0 Å². The van der Waals surface area contributed by atoms with Gasteiger partial charge in [-0.05, 0) is 51.1 Å². The zero-order chi connectivity index (χ0) is 23.7. The first-order chi connectivity index (χ1) is 15.2. The molecule has 0 bridgehead atoms. The number of hydrogen-bond acceptors (Lipinski definition) is 6. The molecule has 8 heteroatoms. The van der Waals surface area contributed by atoms with Crippen molar-refractivity contribution in [2.45, 2.75) is 90.3 Å². The second kappa shape index (κ2) is 13.3. The van der Waals surface area contributed by atoms with Gasteiger partial charge in [0.15, 0.2) is 5.78 Å². The van der Waals surface area contributed by atoms with Gasteiger partial charge in [0.1, 0.15) is 6.04 Å². The summed E-state index contributed by atoms with van der Waals surface area (Å²) in [7, 11) is 0. The molecule has 1 heterocycles. The van der Waals surface area contributed by atoms with E-state index in [2.05, 4.69) is 16.0 Å². The Bertz CT molecular complexity index is 619. The van der Waals surface area contributed by atoms with Crippen LogP contribution in [0.2, 0.25) is 0 Å². The smallest absolute Gasteiger partial charge is 0.245 e. The molecule has 1 saturated carbocycles. The zero-order valence-corrected chi connectivity index (χ0v) is 20.1. The number of ketones is 1. The van der Waals surface area contributed by atoms with E-state index >= 15 is 0 Å². The van der Waals surface area contributed by atoms with Crippen LogP contribution >= 0.6 is 0 Å². The molecule has 2 amide bonds. The maximum atomic E-state index is 13.0.